The summed E-state index contributed by atoms with van der Waals surface area (Å²) < 4.78 is 5.76. The molecule has 0 amide bonds. The van der Waals surface area contributed by atoms with Crippen molar-refractivity contribution in [2.24, 2.45) is 5.92 Å². The predicted octanol–water partition coefficient (Wildman–Crippen LogP) is 4.19. The molecule has 0 heterocycles. The Hall–Kier alpha value is -1.75. The van der Waals surface area contributed by atoms with Crippen molar-refractivity contribution in [2.75, 3.05) is 13.1 Å². The standard InChI is InChI=1S/C19H22ClNO3.ClH/c1-14(11-21-12-19(22)23)10-15-6-8-17(9-7-15)24-13-16-4-2-3-5-18(16)20;/h2-9,14,21H,10-13H2,1H3,(H,22,23);1H/t14-;/m1./s1. The lowest BCUT2D eigenvalue weighted by atomic mass is 10.0. The molecule has 0 aliphatic heterocycles. The van der Waals surface area contributed by atoms with Crippen molar-refractivity contribution in [3.05, 3.63) is 64.7 Å². The Balaban J connectivity index is 0.00000312. The molecule has 0 bridgehead atoms. The molecule has 0 saturated heterocycles. The smallest absolute Gasteiger partial charge is 0.317 e. The van der Waals surface area contributed by atoms with Crippen molar-refractivity contribution in [1.82, 2.24) is 5.32 Å². The number of carboxylic acid groups (broad SMARTS) is 1. The summed E-state index contributed by atoms with van der Waals surface area (Å²) in [6.45, 7) is 3.21. The summed E-state index contributed by atoms with van der Waals surface area (Å²) in [4.78, 5) is 10.5. The largest absolute Gasteiger partial charge is 0.489 e. The van der Waals surface area contributed by atoms with E-state index in [1.165, 1.54) is 5.56 Å². The van der Waals surface area contributed by atoms with E-state index in [1.54, 1.807) is 0 Å². The lowest BCUT2D eigenvalue weighted by Gasteiger charge is -2.12. The molecule has 0 aliphatic rings. The Kier molecular flexibility index (Phi) is 9.35. The van der Waals surface area contributed by atoms with Crippen LogP contribution in [0, 0.1) is 5.92 Å². The molecular formula is C19H23Cl2NO3. The van der Waals surface area contributed by atoms with Crippen molar-refractivity contribution in [1.29, 1.82) is 0 Å². The van der Waals surface area contributed by atoms with Crippen LogP contribution in [0.15, 0.2) is 48.5 Å². The van der Waals surface area contributed by atoms with Gasteiger partial charge in [-0.15, -0.1) is 12.4 Å². The minimum absolute atomic E-state index is 0. The molecule has 0 aromatic heterocycles. The molecule has 6 heteroatoms. The summed E-state index contributed by atoms with van der Waals surface area (Å²) in [6, 6.07) is 15.6. The highest BCUT2D eigenvalue weighted by atomic mass is 35.5. The zero-order chi connectivity index (χ0) is 17.4. The van der Waals surface area contributed by atoms with Crippen LogP contribution in [0.25, 0.3) is 0 Å². The maximum Gasteiger partial charge on any atom is 0.317 e. The first kappa shape index (κ1) is 21.3. The number of ether oxygens (including phenoxy) is 1. The second-order valence-corrected chi connectivity index (χ2v) is 6.27. The topological polar surface area (TPSA) is 58.6 Å². The van der Waals surface area contributed by atoms with E-state index in [-0.39, 0.29) is 19.0 Å². The van der Waals surface area contributed by atoms with Crippen LogP contribution in [0.5, 0.6) is 5.75 Å². The Morgan fingerprint density at radius 3 is 2.52 bits per heavy atom. The Morgan fingerprint density at radius 2 is 1.88 bits per heavy atom. The van der Waals surface area contributed by atoms with Gasteiger partial charge < -0.3 is 15.2 Å². The van der Waals surface area contributed by atoms with Crippen molar-refractivity contribution in [2.45, 2.75) is 20.0 Å². The molecule has 2 aromatic rings. The number of hydrogen-bond acceptors (Lipinski definition) is 3. The van der Waals surface area contributed by atoms with Crippen molar-refractivity contribution < 1.29 is 14.6 Å². The van der Waals surface area contributed by atoms with Gasteiger partial charge in [-0.25, -0.2) is 0 Å². The first-order chi connectivity index (χ1) is 11.5. The van der Waals surface area contributed by atoms with E-state index in [0.29, 0.717) is 24.1 Å². The number of carboxylic acids is 1. The van der Waals surface area contributed by atoms with E-state index in [4.69, 9.17) is 21.4 Å². The minimum Gasteiger partial charge on any atom is -0.489 e. The van der Waals surface area contributed by atoms with Crippen molar-refractivity contribution in [3.8, 4) is 5.75 Å². The van der Waals surface area contributed by atoms with Gasteiger partial charge in [0.05, 0.1) is 6.54 Å². The van der Waals surface area contributed by atoms with Crippen LogP contribution in [-0.4, -0.2) is 24.2 Å². The SMILES string of the molecule is C[C@@H](CNCC(=O)O)Cc1ccc(OCc2ccccc2Cl)cc1.Cl. The third-order valence-electron chi connectivity index (χ3n) is 3.63. The van der Waals surface area contributed by atoms with Crippen molar-refractivity contribution in [3.63, 3.8) is 0 Å². The molecule has 1 atom stereocenters. The molecule has 0 spiro atoms. The van der Waals surface area contributed by atoms with E-state index in [9.17, 15) is 4.79 Å². The highest BCUT2D eigenvalue weighted by Crippen LogP contribution is 2.19. The zero-order valence-corrected chi connectivity index (χ0v) is 15.6. The molecule has 25 heavy (non-hydrogen) atoms. The van der Waals surface area contributed by atoms with Crippen LogP contribution in [0.1, 0.15) is 18.1 Å². The van der Waals surface area contributed by atoms with Crippen LogP contribution >= 0.6 is 24.0 Å². The van der Waals surface area contributed by atoms with E-state index >= 15 is 0 Å². The quantitative estimate of drug-likeness (QED) is 0.681. The third-order valence-corrected chi connectivity index (χ3v) is 4.00. The molecular weight excluding hydrogens is 361 g/mol. The first-order valence-corrected chi connectivity index (χ1v) is 8.30. The Labute approximate surface area is 159 Å². The Morgan fingerprint density at radius 1 is 1.20 bits per heavy atom. The summed E-state index contributed by atoms with van der Waals surface area (Å²) in [7, 11) is 0. The van der Waals surface area contributed by atoms with Gasteiger partial charge in [0.2, 0.25) is 0 Å². The monoisotopic (exact) mass is 383 g/mol. The van der Waals surface area contributed by atoms with Gasteiger partial charge >= 0.3 is 5.97 Å². The fraction of sp³-hybridized carbons (Fsp3) is 0.316. The number of carbonyl (C=O) groups is 1. The maximum atomic E-state index is 10.5. The predicted molar refractivity (Wildman–Crippen MR) is 103 cm³/mol. The van der Waals surface area contributed by atoms with Gasteiger partial charge in [0.25, 0.3) is 0 Å². The van der Waals surface area contributed by atoms with Gasteiger partial charge in [-0.1, -0.05) is 48.9 Å². The average Bonchev–Trinajstić information content (AvgIpc) is 2.55. The molecule has 0 radical (unpaired) electrons. The molecule has 2 aromatic carbocycles. The second kappa shape index (κ2) is 11.0. The van der Waals surface area contributed by atoms with E-state index in [0.717, 1.165) is 17.7 Å². The fourth-order valence-corrected chi connectivity index (χ4v) is 2.59. The third kappa shape index (κ3) is 7.78. The molecule has 0 aliphatic carbocycles. The average molecular weight is 384 g/mol. The molecule has 4 nitrogen and oxygen atoms in total. The summed E-state index contributed by atoms with van der Waals surface area (Å²) in [6.07, 6.45) is 0.886. The van der Waals surface area contributed by atoms with Crippen molar-refractivity contribution >= 4 is 30.0 Å². The summed E-state index contributed by atoms with van der Waals surface area (Å²) in [5, 5.41) is 12.2. The number of nitrogens with one attached hydrogen (secondary N) is 1. The minimum atomic E-state index is -0.831. The molecule has 136 valence electrons. The molecule has 0 saturated carbocycles. The second-order valence-electron chi connectivity index (χ2n) is 5.86. The number of benzene rings is 2. The highest BCUT2D eigenvalue weighted by Gasteiger charge is 2.06. The summed E-state index contributed by atoms with van der Waals surface area (Å²) in [5.41, 5.74) is 2.16. The fourth-order valence-electron chi connectivity index (χ4n) is 2.40. The maximum absolute atomic E-state index is 10.5. The first-order valence-electron chi connectivity index (χ1n) is 7.92. The molecule has 0 fully saturated rings. The number of rotatable bonds is 9. The van der Waals surface area contributed by atoms with E-state index in [2.05, 4.69) is 12.2 Å². The van der Waals surface area contributed by atoms with E-state index in [1.807, 2.05) is 48.5 Å². The molecule has 2 N–H and O–H groups in total. The van der Waals surface area contributed by atoms with Gasteiger partial charge in [0.15, 0.2) is 0 Å². The molecule has 2 rings (SSSR count). The van der Waals surface area contributed by atoms with Crippen LogP contribution in [-0.2, 0) is 17.8 Å². The van der Waals surface area contributed by atoms with Crippen LogP contribution in [0.2, 0.25) is 5.02 Å². The summed E-state index contributed by atoms with van der Waals surface area (Å²) >= 11 is 6.11. The van der Waals surface area contributed by atoms with E-state index < -0.39 is 5.97 Å². The highest BCUT2D eigenvalue weighted by molar-refractivity contribution is 6.31. The van der Waals surface area contributed by atoms with Crippen LogP contribution in [0.4, 0.5) is 0 Å². The normalized spacial score (nSPS) is 11.4. The van der Waals surface area contributed by atoms with Crippen LogP contribution < -0.4 is 10.1 Å². The molecule has 0 unspecified atom stereocenters. The number of halogens is 2. The summed E-state index contributed by atoms with van der Waals surface area (Å²) in [5.74, 6) is 0.330. The van der Waals surface area contributed by atoms with Gasteiger partial charge in [-0.2, -0.15) is 0 Å². The lowest BCUT2D eigenvalue weighted by molar-refractivity contribution is -0.135. The Bertz CT molecular complexity index is 662. The van der Waals surface area contributed by atoms with Gasteiger partial charge in [0, 0.05) is 10.6 Å². The number of aliphatic carboxylic acids is 1. The van der Waals surface area contributed by atoms with Gasteiger partial charge in [-0.3, -0.25) is 4.79 Å². The lowest BCUT2D eigenvalue weighted by Crippen LogP contribution is -2.27. The number of hydrogen-bond donors (Lipinski definition) is 2. The zero-order valence-electron chi connectivity index (χ0n) is 14.1. The van der Waals surface area contributed by atoms with Gasteiger partial charge in [0.1, 0.15) is 12.4 Å². The van der Waals surface area contributed by atoms with Gasteiger partial charge in [-0.05, 0) is 42.6 Å². The van der Waals surface area contributed by atoms with Crippen LogP contribution in [0.3, 0.4) is 0 Å².